The Morgan fingerprint density at radius 2 is 2.20 bits per heavy atom. The van der Waals surface area contributed by atoms with Crippen LogP contribution in [0.3, 0.4) is 0 Å². The minimum atomic E-state index is -3.39. The number of nitro groups is 1. The summed E-state index contributed by atoms with van der Waals surface area (Å²) < 4.78 is 25.9. The number of hydrogen-bond donors (Lipinski definition) is 3. The monoisotopic (exact) mass is 287 g/mol. The minimum absolute atomic E-state index is 0.0171. The molecule has 20 heavy (non-hydrogen) atoms. The van der Waals surface area contributed by atoms with E-state index in [0.717, 1.165) is 0 Å². The Morgan fingerprint density at radius 1 is 1.50 bits per heavy atom. The van der Waals surface area contributed by atoms with Gasteiger partial charge in [0.1, 0.15) is 12.3 Å². The second-order valence-corrected chi connectivity index (χ2v) is 4.38. The summed E-state index contributed by atoms with van der Waals surface area (Å²) in [7, 11) is 0. The van der Waals surface area contributed by atoms with Crippen molar-refractivity contribution in [2.75, 3.05) is 23.8 Å². The molecule has 9 heteroatoms. The lowest BCUT2D eigenvalue weighted by Gasteiger charge is -2.15. The number of aliphatic hydroxyl groups is 1. The highest BCUT2D eigenvalue weighted by atomic mass is 19.3. The van der Waals surface area contributed by atoms with E-state index in [-0.39, 0.29) is 18.0 Å². The summed E-state index contributed by atoms with van der Waals surface area (Å²) in [5, 5.41) is 24.1. The molecule has 0 unspecified atom stereocenters. The molecule has 0 radical (unpaired) electrons. The van der Waals surface area contributed by atoms with Crippen LogP contribution in [-0.2, 0) is 11.2 Å². The molecule has 0 saturated heterocycles. The molecule has 0 spiro atoms. The molecule has 0 saturated carbocycles. The van der Waals surface area contributed by atoms with Gasteiger partial charge in [-0.2, -0.15) is 0 Å². The predicted molar refractivity (Wildman–Crippen MR) is 66.0 cm³/mol. The zero-order chi connectivity index (χ0) is 14.9. The molecule has 1 aliphatic rings. The second kappa shape index (κ2) is 5.00. The number of halogens is 2. The van der Waals surface area contributed by atoms with E-state index < -0.39 is 29.7 Å². The van der Waals surface area contributed by atoms with Crippen molar-refractivity contribution < 1.29 is 23.6 Å². The Kier molecular flexibility index (Phi) is 3.53. The molecule has 2 rings (SSSR count). The van der Waals surface area contributed by atoms with Gasteiger partial charge in [-0.15, -0.1) is 0 Å². The number of fused-ring (bicyclic) bond motifs is 1. The summed E-state index contributed by atoms with van der Waals surface area (Å²) in [6, 6.07) is 2.42. The van der Waals surface area contributed by atoms with E-state index in [9.17, 15) is 23.7 Å². The first kappa shape index (κ1) is 14.1. The topological polar surface area (TPSA) is 104 Å². The van der Waals surface area contributed by atoms with E-state index in [2.05, 4.69) is 10.6 Å². The van der Waals surface area contributed by atoms with Crippen LogP contribution in [-0.4, -0.2) is 35.0 Å². The summed E-state index contributed by atoms with van der Waals surface area (Å²) >= 11 is 0. The molecule has 108 valence electrons. The quantitative estimate of drug-likeness (QED) is 0.556. The van der Waals surface area contributed by atoms with Crippen molar-refractivity contribution in [2.45, 2.75) is 12.3 Å². The fourth-order valence-electron chi connectivity index (χ4n) is 1.83. The van der Waals surface area contributed by atoms with Crippen LogP contribution in [0.15, 0.2) is 12.1 Å². The Morgan fingerprint density at radius 3 is 2.80 bits per heavy atom. The third-order valence-electron chi connectivity index (χ3n) is 2.81. The van der Waals surface area contributed by atoms with Gasteiger partial charge in [0.25, 0.3) is 11.6 Å². The number of rotatable bonds is 5. The molecule has 0 aliphatic carbocycles. The molecule has 0 atom stereocenters. The number of nitro benzene ring substituents is 1. The van der Waals surface area contributed by atoms with E-state index in [4.69, 9.17) is 5.11 Å². The number of hydrogen-bond acceptors (Lipinski definition) is 5. The van der Waals surface area contributed by atoms with Gasteiger partial charge in [-0.3, -0.25) is 14.9 Å². The first-order valence-electron chi connectivity index (χ1n) is 5.66. The number of alkyl halides is 2. The molecule has 0 fully saturated rings. The summed E-state index contributed by atoms with van der Waals surface area (Å²) in [5.74, 6) is -3.71. The van der Waals surface area contributed by atoms with E-state index in [1.54, 1.807) is 0 Å². The SMILES string of the molecule is O=C1Cc2cc([N+](=O)[O-])c(NCC(F)(F)CO)cc2N1. The van der Waals surface area contributed by atoms with Crippen LogP contribution in [0.25, 0.3) is 0 Å². The predicted octanol–water partition coefficient (Wildman–Crippen LogP) is 1.13. The molecule has 1 amide bonds. The standard InChI is InChI=1S/C11H11F2N3O4/c12-11(13,5-17)4-14-8-3-7-6(2-10(18)15-7)1-9(8)16(19)20/h1,3,14,17H,2,4-5H2,(H,15,18). The first-order valence-corrected chi connectivity index (χ1v) is 5.66. The van der Waals surface area contributed by atoms with Gasteiger partial charge in [-0.25, -0.2) is 8.78 Å². The van der Waals surface area contributed by atoms with Gasteiger partial charge in [-0.1, -0.05) is 0 Å². The first-order chi connectivity index (χ1) is 9.32. The number of nitrogens with zero attached hydrogens (tertiary/aromatic N) is 1. The van der Waals surface area contributed by atoms with Crippen molar-refractivity contribution in [3.63, 3.8) is 0 Å². The highest BCUT2D eigenvalue weighted by Gasteiger charge is 2.30. The molecule has 1 heterocycles. The number of amides is 1. The van der Waals surface area contributed by atoms with Gasteiger partial charge in [0.05, 0.1) is 17.9 Å². The van der Waals surface area contributed by atoms with Crippen LogP contribution < -0.4 is 10.6 Å². The van der Waals surface area contributed by atoms with Crippen LogP contribution in [0.4, 0.5) is 25.8 Å². The number of carbonyl (C=O) groups is 1. The maximum Gasteiger partial charge on any atom is 0.292 e. The van der Waals surface area contributed by atoms with Crippen molar-refractivity contribution in [1.29, 1.82) is 0 Å². The molecule has 3 N–H and O–H groups in total. The molecule has 1 aromatic carbocycles. The fraction of sp³-hybridized carbons (Fsp3) is 0.364. The smallest absolute Gasteiger partial charge is 0.292 e. The van der Waals surface area contributed by atoms with Crippen LogP contribution in [0.1, 0.15) is 5.56 Å². The summed E-state index contributed by atoms with van der Waals surface area (Å²) in [4.78, 5) is 21.4. The van der Waals surface area contributed by atoms with Gasteiger partial charge in [-0.05, 0) is 11.6 Å². The maximum absolute atomic E-state index is 13.0. The Bertz CT molecular complexity index is 577. The normalized spacial score (nSPS) is 13.8. The Labute approximate surface area is 111 Å². The Balaban J connectivity index is 2.30. The maximum atomic E-state index is 13.0. The van der Waals surface area contributed by atoms with E-state index in [1.165, 1.54) is 12.1 Å². The highest BCUT2D eigenvalue weighted by molar-refractivity contribution is 6.00. The zero-order valence-electron chi connectivity index (χ0n) is 10.2. The van der Waals surface area contributed by atoms with Gasteiger partial charge in [0, 0.05) is 11.8 Å². The van der Waals surface area contributed by atoms with Crippen molar-refractivity contribution in [1.82, 2.24) is 0 Å². The number of nitrogens with one attached hydrogen (secondary N) is 2. The third kappa shape index (κ3) is 2.82. The lowest BCUT2D eigenvalue weighted by molar-refractivity contribution is -0.384. The summed E-state index contributed by atoms with van der Waals surface area (Å²) in [5.41, 5.74) is 0.273. The zero-order valence-corrected chi connectivity index (χ0v) is 10.2. The average Bonchev–Trinajstić information content (AvgIpc) is 2.74. The van der Waals surface area contributed by atoms with Gasteiger partial charge >= 0.3 is 0 Å². The van der Waals surface area contributed by atoms with Crippen LogP contribution in [0.5, 0.6) is 0 Å². The van der Waals surface area contributed by atoms with E-state index >= 15 is 0 Å². The van der Waals surface area contributed by atoms with Crippen molar-refractivity contribution in [3.8, 4) is 0 Å². The van der Waals surface area contributed by atoms with Crippen molar-refractivity contribution in [2.24, 2.45) is 0 Å². The van der Waals surface area contributed by atoms with Gasteiger partial charge in [0.2, 0.25) is 5.91 Å². The van der Waals surface area contributed by atoms with E-state index in [1.807, 2.05) is 0 Å². The van der Waals surface area contributed by atoms with Crippen LogP contribution >= 0.6 is 0 Å². The fourth-order valence-corrected chi connectivity index (χ4v) is 1.83. The van der Waals surface area contributed by atoms with Crippen molar-refractivity contribution >= 4 is 23.0 Å². The molecule has 0 bridgehead atoms. The number of carbonyl (C=O) groups excluding carboxylic acids is 1. The van der Waals surface area contributed by atoms with Crippen LogP contribution in [0, 0.1) is 10.1 Å². The third-order valence-corrected chi connectivity index (χ3v) is 2.81. The summed E-state index contributed by atoms with van der Waals surface area (Å²) in [6.45, 7) is -2.31. The minimum Gasteiger partial charge on any atom is -0.390 e. The number of benzene rings is 1. The number of anilines is 2. The molecular formula is C11H11F2N3O4. The van der Waals surface area contributed by atoms with Gasteiger partial charge in [0.15, 0.2) is 0 Å². The largest absolute Gasteiger partial charge is 0.390 e. The van der Waals surface area contributed by atoms with Gasteiger partial charge < -0.3 is 15.7 Å². The molecule has 0 aromatic heterocycles. The number of aliphatic hydroxyl groups excluding tert-OH is 1. The molecule has 7 nitrogen and oxygen atoms in total. The highest BCUT2D eigenvalue weighted by Crippen LogP contribution is 2.34. The Hall–Kier alpha value is -2.29. The average molecular weight is 287 g/mol. The molecule has 1 aromatic rings. The molecule has 1 aliphatic heterocycles. The molecular weight excluding hydrogens is 276 g/mol. The lowest BCUT2D eigenvalue weighted by Crippen LogP contribution is -2.31. The van der Waals surface area contributed by atoms with Crippen LogP contribution in [0.2, 0.25) is 0 Å². The lowest BCUT2D eigenvalue weighted by atomic mass is 10.1. The second-order valence-electron chi connectivity index (χ2n) is 4.38. The summed E-state index contributed by atoms with van der Waals surface area (Å²) in [6.07, 6.45) is 0.0171. The van der Waals surface area contributed by atoms with Crippen molar-refractivity contribution in [3.05, 3.63) is 27.8 Å². The van der Waals surface area contributed by atoms with E-state index in [0.29, 0.717) is 11.3 Å².